The minimum atomic E-state index is -0.418. The number of primary amides is 1. The van der Waals surface area contributed by atoms with Crippen molar-refractivity contribution in [3.05, 3.63) is 40.4 Å². The minimum Gasteiger partial charge on any atom is -0.369 e. The fraction of sp³-hybridized carbons (Fsp3) is 0.278. The van der Waals surface area contributed by atoms with Crippen LogP contribution in [0.15, 0.2) is 34.8 Å². The zero-order valence-electron chi connectivity index (χ0n) is 13.5. The number of carbonyl (C=O) groups is 1. The van der Waals surface area contributed by atoms with Gasteiger partial charge in [0.1, 0.15) is 0 Å². The van der Waals surface area contributed by atoms with E-state index in [0.717, 1.165) is 52.5 Å². The largest absolute Gasteiger partial charge is 0.369 e. The van der Waals surface area contributed by atoms with Gasteiger partial charge in [-0.3, -0.25) is 4.79 Å². The molecular weight excluding hydrogens is 368 g/mol. The molecule has 0 aliphatic carbocycles. The van der Waals surface area contributed by atoms with Crippen LogP contribution >= 0.6 is 15.9 Å². The molecule has 24 heavy (non-hydrogen) atoms. The van der Waals surface area contributed by atoms with Crippen LogP contribution in [-0.4, -0.2) is 49.0 Å². The van der Waals surface area contributed by atoms with Gasteiger partial charge in [-0.2, -0.15) is 0 Å². The normalized spacial score (nSPS) is 16.2. The SMILES string of the molecule is CN1CCN(c2ccc3c(c2)[nH]c2c(C(N)=O)ccc(Br)c23)CC1. The maximum absolute atomic E-state index is 11.7. The first-order valence-electron chi connectivity index (χ1n) is 8.02. The van der Waals surface area contributed by atoms with Gasteiger partial charge in [0.2, 0.25) is 0 Å². The molecule has 0 radical (unpaired) electrons. The lowest BCUT2D eigenvalue weighted by molar-refractivity contribution is 0.100. The lowest BCUT2D eigenvalue weighted by atomic mass is 10.1. The molecule has 5 nitrogen and oxygen atoms in total. The molecule has 1 aliphatic heterocycles. The van der Waals surface area contributed by atoms with E-state index in [1.165, 1.54) is 5.69 Å². The van der Waals surface area contributed by atoms with Crippen molar-refractivity contribution >= 4 is 49.3 Å². The van der Waals surface area contributed by atoms with Crippen molar-refractivity contribution in [1.82, 2.24) is 9.88 Å². The molecule has 6 heteroatoms. The summed E-state index contributed by atoms with van der Waals surface area (Å²) >= 11 is 3.59. The van der Waals surface area contributed by atoms with Gasteiger partial charge in [-0.05, 0) is 31.3 Å². The van der Waals surface area contributed by atoms with Crippen molar-refractivity contribution in [1.29, 1.82) is 0 Å². The molecule has 1 saturated heterocycles. The second kappa shape index (κ2) is 5.79. The Morgan fingerprint density at radius 1 is 1.17 bits per heavy atom. The summed E-state index contributed by atoms with van der Waals surface area (Å²) in [6.45, 7) is 4.20. The third-order valence-corrected chi connectivity index (χ3v) is 5.48. The third kappa shape index (κ3) is 2.46. The standard InChI is InChI=1S/C18H19BrN4O/c1-22-6-8-23(9-7-22)11-2-3-12-15(10-11)21-17-13(18(20)24)4-5-14(19)16(12)17/h2-5,10,21H,6-9H2,1H3,(H2,20,24). The highest BCUT2D eigenvalue weighted by molar-refractivity contribution is 9.10. The van der Waals surface area contributed by atoms with Crippen LogP contribution in [0.25, 0.3) is 21.8 Å². The van der Waals surface area contributed by atoms with E-state index < -0.39 is 5.91 Å². The number of nitrogens with one attached hydrogen (secondary N) is 1. The average Bonchev–Trinajstić information content (AvgIpc) is 2.94. The molecule has 0 atom stereocenters. The number of aromatic nitrogens is 1. The smallest absolute Gasteiger partial charge is 0.250 e. The third-order valence-electron chi connectivity index (χ3n) is 4.82. The molecule has 1 amide bonds. The Kier molecular flexibility index (Phi) is 3.73. The van der Waals surface area contributed by atoms with Gasteiger partial charge in [0.15, 0.2) is 0 Å². The van der Waals surface area contributed by atoms with Crippen molar-refractivity contribution in [3.8, 4) is 0 Å². The number of rotatable bonds is 2. The summed E-state index contributed by atoms with van der Waals surface area (Å²) in [5.74, 6) is -0.418. The Morgan fingerprint density at radius 3 is 2.62 bits per heavy atom. The number of aromatic amines is 1. The van der Waals surface area contributed by atoms with Crippen LogP contribution in [0.5, 0.6) is 0 Å². The van der Waals surface area contributed by atoms with E-state index in [4.69, 9.17) is 5.73 Å². The quantitative estimate of drug-likeness (QED) is 0.711. The predicted molar refractivity (Wildman–Crippen MR) is 102 cm³/mol. The van der Waals surface area contributed by atoms with Crippen LogP contribution in [-0.2, 0) is 0 Å². The van der Waals surface area contributed by atoms with Crippen molar-refractivity contribution in [2.24, 2.45) is 5.73 Å². The van der Waals surface area contributed by atoms with E-state index >= 15 is 0 Å². The van der Waals surface area contributed by atoms with E-state index in [1.807, 2.05) is 6.07 Å². The molecule has 3 N–H and O–H groups in total. The molecule has 3 aromatic rings. The molecule has 1 fully saturated rings. The van der Waals surface area contributed by atoms with Crippen molar-refractivity contribution in [3.63, 3.8) is 0 Å². The van der Waals surface area contributed by atoms with E-state index in [0.29, 0.717) is 5.56 Å². The maximum Gasteiger partial charge on any atom is 0.250 e. The second-order valence-electron chi connectivity index (χ2n) is 6.35. The fourth-order valence-electron chi connectivity index (χ4n) is 3.43. The summed E-state index contributed by atoms with van der Waals surface area (Å²) in [6.07, 6.45) is 0. The zero-order valence-corrected chi connectivity index (χ0v) is 15.1. The highest BCUT2D eigenvalue weighted by atomic mass is 79.9. The highest BCUT2D eigenvalue weighted by Crippen LogP contribution is 2.35. The number of halogens is 1. The molecule has 4 rings (SSSR count). The van der Waals surface area contributed by atoms with Gasteiger partial charge in [0, 0.05) is 52.6 Å². The topological polar surface area (TPSA) is 65.4 Å². The first-order valence-corrected chi connectivity index (χ1v) is 8.81. The first kappa shape index (κ1) is 15.5. The summed E-state index contributed by atoms with van der Waals surface area (Å²) in [5, 5.41) is 2.10. The Morgan fingerprint density at radius 2 is 1.92 bits per heavy atom. The van der Waals surface area contributed by atoms with Crippen LogP contribution in [0.3, 0.4) is 0 Å². The Hall–Kier alpha value is -2.05. The Labute approximate surface area is 148 Å². The number of anilines is 1. The van der Waals surface area contributed by atoms with Gasteiger partial charge in [-0.25, -0.2) is 0 Å². The van der Waals surface area contributed by atoms with Crippen LogP contribution in [0.4, 0.5) is 5.69 Å². The molecule has 0 saturated carbocycles. The number of benzene rings is 2. The molecule has 0 bridgehead atoms. The number of fused-ring (bicyclic) bond motifs is 3. The fourth-order valence-corrected chi connectivity index (χ4v) is 3.97. The number of nitrogens with two attached hydrogens (primary N) is 1. The van der Waals surface area contributed by atoms with Crippen molar-refractivity contribution < 1.29 is 4.79 Å². The number of amides is 1. The van der Waals surface area contributed by atoms with Crippen molar-refractivity contribution in [2.45, 2.75) is 0 Å². The van der Waals surface area contributed by atoms with Crippen molar-refractivity contribution in [2.75, 3.05) is 38.1 Å². The number of piperazine rings is 1. The summed E-state index contributed by atoms with van der Waals surface area (Å²) in [5.41, 5.74) is 9.07. The molecule has 1 aromatic heterocycles. The number of hydrogen-bond donors (Lipinski definition) is 2. The molecule has 0 unspecified atom stereocenters. The van der Waals surface area contributed by atoms with E-state index in [9.17, 15) is 4.79 Å². The monoisotopic (exact) mass is 386 g/mol. The molecular formula is C18H19BrN4O. The molecule has 2 heterocycles. The van der Waals surface area contributed by atoms with E-state index in [-0.39, 0.29) is 0 Å². The maximum atomic E-state index is 11.7. The number of H-pyrrole nitrogens is 1. The second-order valence-corrected chi connectivity index (χ2v) is 7.21. The van der Waals surface area contributed by atoms with E-state index in [2.05, 4.69) is 56.0 Å². The van der Waals surface area contributed by atoms with Crippen LogP contribution in [0.1, 0.15) is 10.4 Å². The molecule has 1 aliphatic rings. The summed E-state index contributed by atoms with van der Waals surface area (Å²) < 4.78 is 0.959. The Bertz CT molecular complexity index is 941. The van der Waals surface area contributed by atoms with Gasteiger partial charge < -0.3 is 20.5 Å². The molecule has 124 valence electrons. The minimum absolute atomic E-state index is 0.418. The number of hydrogen-bond acceptors (Lipinski definition) is 3. The predicted octanol–water partition coefficient (Wildman–Crippen LogP) is 2.93. The zero-order chi connectivity index (χ0) is 16.8. The summed E-state index contributed by atoms with van der Waals surface area (Å²) in [4.78, 5) is 19.9. The average molecular weight is 387 g/mol. The highest BCUT2D eigenvalue weighted by Gasteiger charge is 2.17. The number of likely N-dealkylation sites (N-methyl/N-ethyl adjacent to an activating group) is 1. The summed E-state index contributed by atoms with van der Waals surface area (Å²) in [7, 11) is 2.15. The lowest BCUT2D eigenvalue weighted by Gasteiger charge is -2.34. The van der Waals surface area contributed by atoms with Crippen LogP contribution < -0.4 is 10.6 Å². The number of carbonyl (C=O) groups excluding carboxylic acids is 1. The Balaban J connectivity index is 1.86. The molecule has 2 aromatic carbocycles. The lowest BCUT2D eigenvalue weighted by Crippen LogP contribution is -2.44. The van der Waals surface area contributed by atoms with Crippen LogP contribution in [0, 0.1) is 0 Å². The van der Waals surface area contributed by atoms with Crippen LogP contribution in [0.2, 0.25) is 0 Å². The first-order chi connectivity index (χ1) is 11.5. The van der Waals surface area contributed by atoms with E-state index in [1.54, 1.807) is 6.07 Å². The number of nitrogens with zero attached hydrogens (tertiary/aromatic N) is 2. The van der Waals surface area contributed by atoms with Gasteiger partial charge in [0.25, 0.3) is 5.91 Å². The van der Waals surface area contributed by atoms with Gasteiger partial charge in [-0.15, -0.1) is 0 Å². The van der Waals surface area contributed by atoms with Gasteiger partial charge in [0.05, 0.1) is 11.1 Å². The van der Waals surface area contributed by atoms with Gasteiger partial charge >= 0.3 is 0 Å². The molecule has 0 spiro atoms. The van der Waals surface area contributed by atoms with Gasteiger partial charge in [-0.1, -0.05) is 22.0 Å². The summed E-state index contributed by atoms with van der Waals surface area (Å²) in [6, 6.07) is 10.1.